The molecule has 0 aliphatic heterocycles. The molecule has 0 spiro atoms. The van der Waals surface area contributed by atoms with Crippen molar-refractivity contribution in [3.8, 4) is 0 Å². The molecular formula is C14H22N2OS. The van der Waals surface area contributed by atoms with Crippen LogP contribution in [-0.4, -0.2) is 24.7 Å². The molecule has 1 rings (SSSR count). The fourth-order valence-electron chi connectivity index (χ4n) is 1.60. The van der Waals surface area contributed by atoms with Crippen molar-refractivity contribution in [1.29, 1.82) is 0 Å². The SMILES string of the molecule is CCCNCc1cccc(SC(C)C(=O)NC)c1. The van der Waals surface area contributed by atoms with Crippen LogP contribution in [0.1, 0.15) is 25.8 Å². The molecule has 100 valence electrons. The Balaban J connectivity index is 2.56. The van der Waals surface area contributed by atoms with Gasteiger partial charge in [-0.1, -0.05) is 19.1 Å². The monoisotopic (exact) mass is 266 g/mol. The van der Waals surface area contributed by atoms with Crippen LogP contribution in [-0.2, 0) is 11.3 Å². The van der Waals surface area contributed by atoms with Crippen LogP contribution < -0.4 is 10.6 Å². The summed E-state index contributed by atoms with van der Waals surface area (Å²) in [4.78, 5) is 12.6. The summed E-state index contributed by atoms with van der Waals surface area (Å²) in [6.07, 6.45) is 1.14. The summed E-state index contributed by atoms with van der Waals surface area (Å²) in [6, 6.07) is 8.35. The van der Waals surface area contributed by atoms with E-state index < -0.39 is 0 Å². The van der Waals surface area contributed by atoms with Crippen molar-refractivity contribution in [3.05, 3.63) is 29.8 Å². The molecule has 0 aliphatic rings. The molecule has 1 aromatic rings. The highest BCUT2D eigenvalue weighted by molar-refractivity contribution is 8.00. The van der Waals surface area contributed by atoms with Crippen molar-refractivity contribution in [1.82, 2.24) is 10.6 Å². The van der Waals surface area contributed by atoms with Crippen LogP contribution in [0.3, 0.4) is 0 Å². The first-order valence-electron chi connectivity index (χ1n) is 6.35. The van der Waals surface area contributed by atoms with Crippen molar-refractivity contribution in [2.75, 3.05) is 13.6 Å². The van der Waals surface area contributed by atoms with E-state index in [0.29, 0.717) is 0 Å². The van der Waals surface area contributed by atoms with Crippen molar-refractivity contribution < 1.29 is 4.79 Å². The van der Waals surface area contributed by atoms with E-state index in [1.165, 1.54) is 5.56 Å². The first kappa shape index (κ1) is 15.1. The number of hydrogen-bond acceptors (Lipinski definition) is 3. The Hall–Kier alpha value is -1.00. The van der Waals surface area contributed by atoms with Gasteiger partial charge in [0, 0.05) is 18.5 Å². The molecule has 1 atom stereocenters. The lowest BCUT2D eigenvalue weighted by Crippen LogP contribution is -2.27. The number of carbonyl (C=O) groups is 1. The van der Waals surface area contributed by atoms with E-state index >= 15 is 0 Å². The fraction of sp³-hybridized carbons (Fsp3) is 0.500. The molecule has 0 saturated carbocycles. The third kappa shape index (κ3) is 5.10. The Bertz CT molecular complexity index is 382. The zero-order valence-electron chi connectivity index (χ0n) is 11.3. The maximum absolute atomic E-state index is 11.5. The average Bonchev–Trinajstić information content (AvgIpc) is 2.38. The molecule has 4 heteroatoms. The van der Waals surface area contributed by atoms with Crippen LogP contribution in [0.5, 0.6) is 0 Å². The molecule has 0 saturated heterocycles. The maximum Gasteiger partial charge on any atom is 0.232 e. The van der Waals surface area contributed by atoms with Gasteiger partial charge in [0.05, 0.1) is 5.25 Å². The zero-order valence-corrected chi connectivity index (χ0v) is 12.1. The molecule has 1 amide bonds. The Morgan fingerprint density at radius 3 is 2.89 bits per heavy atom. The van der Waals surface area contributed by atoms with Gasteiger partial charge < -0.3 is 10.6 Å². The first-order chi connectivity index (χ1) is 8.67. The predicted molar refractivity (Wildman–Crippen MR) is 77.8 cm³/mol. The number of benzene rings is 1. The molecular weight excluding hydrogens is 244 g/mol. The van der Waals surface area contributed by atoms with Crippen molar-refractivity contribution in [2.24, 2.45) is 0 Å². The van der Waals surface area contributed by atoms with Gasteiger partial charge in [-0.2, -0.15) is 0 Å². The summed E-state index contributed by atoms with van der Waals surface area (Å²) in [7, 11) is 1.67. The van der Waals surface area contributed by atoms with Crippen LogP contribution in [0.4, 0.5) is 0 Å². The highest BCUT2D eigenvalue weighted by Gasteiger charge is 2.12. The van der Waals surface area contributed by atoms with Gasteiger partial charge in [-0.25, -0.2) is 0 Å². The summed E-state index contributed by atoms with van der Waals surface area (Å²) in [5, 5.41) is 5.99. The van der Waals surface area contributed by atoms with Gasteiger partial charge in [-0.15, -0.1) is 11.8 Å². The highest BCUT2D eigenvalue weighted by Crippen LogP contribution is 2.24. The summed E-state index contributed by atoms with van der Waals surface area (Å²) in [5.41, 5.74) is 1.26. The van der Waals surface area contributed by atoms with Gasteiger partial charge in [-0.3, -0.25) is 4.79 Å². The van der Waals surface area contributed by atoms with Crippen molar-refractivity contribution >= 4 is 17.7 Å². The second-order valence-electron chi connectivity index (χ2n) is 4.20. The lowest BCUT2D eigenvalue weighted by molar-refractivity contribution is -0.119. The molecule has 0 radical (unpaired) electrons. The third-order valence-electron chi connectivity index (χ3n) is 2.58. The third-order valence-corrected chi connectivity index (χ3v) is 3.68. The van der Waals surface area contributed by atoms with E-state index in [-0.39, 0.29) is 11.2 Å². The number of nitrogens with one attached hydrogen (secondary N) is 2. The lowest BCUT2D eigenvalue weighted by atomic mass is 10.2. The minimum Gasteiger partial charge on any atom is -0.358 e. The summed E-state index contributed by atoms with van der Waals surface area (Å²) < 4.78 is 0. The summed E-state index contributed by atoms with van der Waals surface area (Å²) >= 11 is 1.59. The largest absolute Gasteiger partial charge is 0.358 e. The normalized spacial score (nSPS) is 12.2. The van der Waals surface area contributed by atoms with Crippen LogP contribution in [0.25, 0.3) is 0 Å². The van der Waals surface area contributed by atoms with Crippen LogP contribution in [0, 0.1) is 0 Å². The Kier molecular flexibility index (Phi) is 6.83. The minimum atomic E-state index is -0.0612. The van der Waals surface area contributed by atoms with Crippen LogP contribution >= 0.6 is 11.8 Å². The number of hydrogen-bond donors (Lipinski definition) is 2. The molecule has 1 unspecified atom stereocenters. The zero-order chi connectivity index (χ0) is 13.4. The van der Waals surface area contributed by atoms with Crippen LogP contribution in [0.15, 0.2) is 29.2 Å². The molecule has 3 nitrogen and oxygen atoms in total. The van der Waals surface area contributed by atoms with Gasteiger partial charge in [0.2, 0.25) is 5.91 Å². The van der Waals surface area contributed by atoms with Crippen molar-refractivity contribution in [3.63, 3.8) is 0 Å². The molecule has 0 fully saturated rings. The number of rotatable bonds is 7. The maximum atomic E-state index is 11.5. The van der Waals surface area contributed by atoms with Crippen LogP contribution in [0.2, 0.25) is 0 Å². The van der Waals surface area contributed by atoms with E-state index in [2.05, 4.69) is 29.7 Å². The Labute approximate surface area is 114 Å². The molecule has 0 aliphatic carbocycles. The predicted octanol–water partition coefficient (Wildman–Crippen LogP) is 2.41. The van der Waals surface area contributed by atoms with Gasteiger partial charge >= 0.3 is 0 Å². The van der Waals surface area contributed by atoms with Gasteiger partial charge in [0.1, 0.15) is 0 Å². The number of amides is 1. The van der Waals surface area contributed by atoms with Gasteiger partial charge in [-0.05, 0) is 37.6 Å². The molecule has 0 bridgehead atoms. The van der Waals surface area contributed by atoms with Crippen molar-refractivity contribution in [2.45, 2.75) is 37.0 Å². The van der Waals surface area contributed by atoms with E-state index in [1.807, 2.05) is 19.1 Å². The van der Waals surface area contributed by atoms with E-state index in [1.54, 1.807) is 18.8 Å². The fourth-order valence-corrected chi connectivity index (χ4v) is 2.61. The molecule has 1 aromatic carbocycles. The van der Waals surface area contributed by atoms with E-state index in [0.717, 1.165) is 24.4 Å². The number of thioether (sulfide) groups is 1. The molecule has 0 aromatic heterocycles. The Morgan fingerprint density at radius 1 is 1.44 bits per heavy atom. The standard InChI is InChI=1S/C14H22N2OS/c1-4-8-16-10-12-6-5-7-13(9-12)18-11(2)14(17)15-3/h5-7,9,11,16H,4,8,10H2,1-3H3,(H,15,17). The lowest BCUT2D eigenvalue weighted by Gasteiger charge is -2.11. The minimum absolute atomic E-state index is 0.0612. The van der Waals surface area contributed by atoms with Gasteiger partial charge in [0.25, 0.3) is 0 Å². The Morgan fingerprint density at radius 2 is 2.22 bits per heavy atom. The topological polar surface area (TPSA) is 41.1 Å². The smallest absolute Gasteiger partial charge is 0.232 e. The first-order valence-corrected chi connectivity index (χ1v) is 7.23. The summed E-state index contributed by atoms with van der Waals surface area (Å²) in [6.45, 7) is 6.00. The van der Waals surface area contributed by atoms with E-state index in [9.17, 15) is 4.79 Å². The average molecular weight is 266 g/mol. The summed E-state index contributed by atoms with van der Waals surface area (Å²) in [5.74, 6) is 0.0644. The van der Waals surface area contributed by atoms with Gasteiger partial charge in [0.15, 0.2) is 0 Å². The second-order valence-corrected chi connectivity index (χ2v) is 5.61. The van der Waals surface area contributed by atoms with E-state index in [4.69, 9.17) is 0 Å². The second kappa shape index (κ2) is 8.16. The molecule has 18 heavy (non-hydrogen) atoms. The number of carbonyl (C=O) groups excluding carboxylic acids is 1. The molecule has 2 N–H and O–H groups in total. The highest BCUT2D eigenvalue weighted by atomic mass is 32.2. The molecule has 0 heterocycles. The quantitative estimate of drug-likeness (QED) is 0.588.